The van der Waals surface area contributed by atoms with E-state index < -0.39 is 250 Å². The summed E-state index contributed by atoms with van der Waals surface area (Å²) in [5.41, 5.74) is 20.0. The van der Waals surface area contributed by atoms with Crippen LogP contribution in [-0.4, -0.2) is 203 Å². The van der Waals surface area contributed by atoms with Crippen LogP contribution in [0.3, 0.4) is 0 Å². The quantitative estimate of drug-likeness (QED) is 0.0584. The lowest BCUT2D eigenvalue weighted by Crippen LogP contribution is -2.64. The number of hydrogen-bond acceptors (Lipinski definition) is 28. The molecule has 2 unspecified atom stereocenters. The summed E-state index contributed by atoms with van der Waals surface area (Å²) >= 11 is 7.16. The van der Waals surface area contributed by atoms with Gasteiger partial charge in [0, 0.05) is 41.1 Å². The number of halogens is 1. The van der Waals surface area contributed by atoms with Crippen LogP contribution in [0.4, 0.5) is 0 Å². The first-order valence-electron chi connectivity index (χ1n) is 35.3. The third kappa shape index (κ3) is 17.3. The number of nitrogens with two attached hydrogens (primary N) is 4. The topological polar surface area (TPSA) is 581 Å². The molecule has 21 atom stereocenters. The molecule has 0 spiro atoms. The van der Waals surface area contributed by atoms with Gasteiger partial charge in [-0.15, -0.1) is 0 Å². The van der Waals surface area contributed by atoms with Crippen molar-refractivity contribution >= 4 is 58.9 Å². The minimum atomic E-state index is -2.81. The molecule has 0 aliphatic carbocycles. The number of benzene rings is 5. The first-order valence-corrected chi connectivity index (χ1v) is 35.7. The second-order valence-corrected chi connectivity index (χ2v) is 29.7. The average molecular weight is 1560 g/mol. The maximum absolute atomic E-state index is 16.4. The van der Waals surface area contributed by atoms with Crippen molar-refractivity contribution in [3.05, 3.63) is 118 Å². The molecule has 11 bridgehead atoms. The Morgan fingerprint density at radius 1 is 0.682 bits per heavy atom. The highest BCUT2D eigenvalue weighted by atomic mass is 35.5. The molecule has 3 fully saturated rings. The molecule has 5 aromatic rings. The Morgan fingerprint density at radius 2 is 1.29 bits per heavy atom. The van der Waals surface area contributed by atoms with Crippen LogP contribution in [0.2, 0.25) is 5.02 Å². The fraction of sp³-hybridized carbons (Fsp3) is 0.479. The number of hydrogen-bond donors (Lipinski definition) is 20. The van der Waals surface area contributed by atoms with Gasteiger partial charge in [0.15, 0.2) is 24.1 Å². The Bertz CT molecular complexity index is 4370. The third-order valence-corrected chi connectivity index (χ3v) is 20.3. The van der Waals surface area contributed by atoms with E-state index >= 15 is 19.2 Å². The van der Waals surface area contributed by atoms with E-state index in [2.05, 4.69) is 37.2 Å². The van der Waals surface area contributed by atoms with Crippen LogP contribution in [0.1, 0.15) is 132 Å². The maximum Gasteiger partial charge on any atom is 0.332 e. The molecule has 36 nitrogen and oxygen atoms in total. The molecule has 13 rings (SSSR count). The molecule has 8 aliphatic heterocycles. The lowest BCUT2D eigenvalue weighted by atomic mass is 9.86. The van der Waals surface area contributed by atoms with Gasteiger partial charge in [0.25, 0.3) is 0 Å². The summed E-state index contributed by atoms with van der Waals surface area (Å²) in [7, 11) is 1.48. The summed E-state index contributed by atoms with van der Waals surface area (Å²) in [6.45, 7) is 8.61. The second kappa shape index (κ2) is 32.4. The summed E-state index contributed by atoms with van der Waals surface area (Å²) in [5, 5.41) is 121. The molecule has 8 heterocycles. The number of phenols is 3. The van der Waals surface area contributed by atoms with E-state index in [0.29, 0.717) is 0 Å². The Hall–Kier alpha value is -9.61. The van der Waals surface area contributed by atoms with Crippen LogP contribution in [0.15, 0.2) is 84.9 Å². The van der Waals surface area contributed by atoms with E-state index in [1.165, 1.54) is 71.1 Å². The molecule has 0 aromatic heterocycles. The second-order valence-electron chi connectivity index (χ2n) is 29.3. The first-order chi connectivity index (χ1) is 51.8. The summed E-state index contributed by atoms with van der Waals surface area (Å²) in [4.78, 5) is 120. The molecule has 594 valence electrons. The minimum Gasteiger partial charge on any atom is -0.508 e. The Morgan fingerprint density at radius 3 is 1.91 bits per heavy atom. The number of carbonyl (C=O) groups is 8. The molecule has 110 heavy (non-hydrogen) atoms. The van der Waals surface area contributed by atoms with Gasteiger partial charge in [-0.1, -0.05) is 49.7 Å². The number of likely N-dealkylation sites (N-methyl/N-ethyl adjacent to an activating group) is 1. The summed E-state index contributed by atoms with van der Waals surface area (Å²) < 4.78 is 52.4. The Labute approximate surface area is 633 Å². The average Bonchev–Trinajstić information content (AvgIpc) is 0.759. The highest BCUT2D eigenvalue weighted by Gasteiger charge is 2.55. The fourth-order valence-electron chi connectivity index (χ4n) is 14.3. The molecule has 24 N–H and O–H groups in total. The van der Waals surface area contributed by atoms with Crippen molar-refractivity contribution in [2.75, 3.05) is 13.7 Å². The van der Waals surface area contributed by atoms with Gasteiger partial charge in [0.1, 0.15) is 89.4 Å². The van der Waals surface area contributed by atoms with Gasteiger partial charge >= 0.3 is 5.97 Å². The molecule has 3 saturated heterocycles. The van der Waals surface area contributed by atoms with Gasteiger partial charge in [0.05, 0.1) is 61.0 Å². The molecule has 0 radical (unpaired) electrons. The number of aliphatic hydroxyl groups excluding tert-OH is 6. The highest BCUT2D eigenvalue weighted by molar-refractivity contribution is 6.32. The zero-order valence-electron chi connectivity index (χ0n) is 60.5. The lowest BCUT2D eigenvalue weighted by Gasteiger charge is -2.48. The monoisotopic (exact) mass is 1560 g/mol. The van der Waals surface area contributed by atoms with Crippen LogP contribution in [0, 0.1) is 5.92 Å². The number of fused-ring (bicyclic) bond motifs is 15. The minimum absolute atomic E-state index is 0.0193. The number of primary amides is 2. The van der Waals surface area contributed by atoms with Gasteiger partial charge in [-0.25, -0.2) is 0 Å². The smallest absolute Gasteiger partial charge is 0.332 e. The van der Waals surface area contributed by atoms with Crippen molar-refractivity contribution in [2.45, 2.75) is 201 Å². The summed E-state index contributed by atoms with van der Waals surface area (Å²) in [6.07, 6.45) is -19.5. The number of ether oxygens (including phenoxy) is 8. The van der Waals surface area contributed by atoms with Crippen molar-refractivity contribution < 1.29 is 122 Å². The van der Waals surface area contributed by atoms with Crippen LogP contribution in [0.25, 0.3) is 11.1 Å². The van der Waals surface area contributed by atoms with E-state index in [9.17, 15) is 65.1 Å². The van der Waals surface area contributed by atoms with E-state index in [1.54, 1.807) is 0 Å². The number of carbonyl (C=O) groups excluding carboxylic acids is 8. The largest absolute Gasteiger partial charge is 0.508 e. The number of nitrogens with one attached hydrogen (secondary N) is 7. The predicted octanol–water partition coefficient (Wildman–Crippen LogP) is -0.560. The van der Waals surface area contributed by atoms with Crippen molar-refractivity contribution in [2.24, 2.45) is 28.9 Å². The van der Waals surface area contributed by atoms with E-state index in [0.717, 1.165) is 48.5 Å². The van der Waals surface area contributed by atoms with Crippen molar-refractivity contribution in [1.29, 1.82) is 0 Å². The van der Waals surface area contributed by atoms with Gasteiger partial charge in [-0.05, 0) is 129 Å². The molecular weight excluding hydrogens is 1470 g/mol. The number of rotatable bonds is 15. The van der Waals surface area contributed by atoms with Crippen LogP contribution < -0.4 is 74.4 Å². The summed E-state index contributed by atoms with van der Waals surface area (Å²) in [6, 6.07) is 2.03. The third-order valence-electron chi connectivity index (χ3n) is 20.1. The molecular formula is C73H90ClN11O25. The van der Waals surface area contributed by atoms with E-state index in [4.69, 9.17) is 72.4 Å². The number of amides is 8. The van der Waals surface area contributed by atoms with Crippen molar-refractivity contribution in [1.82, 2.24) is 37.2 Å². The van der Waals surface area contributed by atoms with Crippen molar-refractivity contribution in [3.8, 4) is 57.1 Å². The number of phenolic OH excluding ortho intramolecular Hbond substituents is 3. The van der Waals surface area contributed by atoms with E-state index in [1.807, 2.05) is 13.8 Å². The molecule has 37 heteroatoms. The van der Waals surface area contributed by atoms with Gasteiger partial charge in [-0.2, -0.15) is 0 Å². The van der Waals surface area contributed by atoms with Gasteiger partial charge < -0.3 is 139 Å². The predicted molar refractivity (Wildman–Crippen MR) is 382 cm³/mol. The molecule has 0 saturated carbocycles. The number of aliphatic hydroxyl groups is 6. The SMILES string of the molecule is CN[C@H](CC(C)C)C(=O)N[C@H]1C(=O)N[C@@H](CC(N)=O)C(=O)N[C@H]2C(=O)N[C@H]3C(=O)N[C@H](C(=O)N[C@H](C(N)=O)c4cc(O)cc(O)c4-c4cc3ccc4O)[C@H](O[C@@H]3CC(C)(N)[C@H](O)[C@@H](C)O3)c3ccc(cc3)Oc3cc2cc(c3O[C@@]2(O[C@@H]3CC(C)(N)[C@H](O)[C@@H](C)O3)C[C@@H](O)[C@H](O)[C@@H](CO)O2)Oc2ccc(cc2Cl)[C@H]1O. The molecule has 5 aromatic carbocycles. The highest BCUT2D eigenvalue weighted by Crippen LogP contribution is 2.51. The molecule has 8 aliphatic rings. The standard InChI is InChI=1S/C73H90ClN11O25/c1-28(2)16-40(79-7)65(97)84-56-58(92)33-11-15-45(39(74)18-33)106-47-20-34-19-46(61(47)110-73(24-44(90)59(93)48(27-86)108-73)109-51-26-72(6,78)63(95)30(4)104-51)105-36-12-8-31(9-13-36)60(107-50-25-71(5,77)62(94)29(3)103-50)57-70(102)83-55(64(76)96)38-21-35(87)22-43(89)52(38)37-17-32(10-14-42(37)88)53(67(99)85-57)82-68(100)54(34)81-66(98)41(23-49(75)91)80-69(56)101/h8-15,17-22,28-30,40-41,44,48,50-51,53-60,62-63,79,86-90,92-95H,16,23-27,77-78H2,1-7H3,(H2,75,91)(H2,76,96)(H,80,101)(H,81,98)(H,82,100)(H,83,102)(H,84,97)(H,85,99)/t29-,30-,40-,41+,44-,48-,50-,51-,53-,54-,55+,56-,57+,58-,59+,60-,62-,63-,71?,72?,73+/m1/s1. The van der Waals surface area contributed by atoms with Gasteiger partial charge in [-0.3, -0.25) is 43.1 Å². The van der Waals surface area contributed by atoms with Crippen LogP contribution >= 0.6 is 11.6 Å². The van der Waals surface area contributed by atoms with E-state index in [-0.39, 0.29) is 58.4 Å². The fourth-order valence-corrected chi connectivity index (χ4v) is 14.5. The van der Waals surface area contributed by atoms with Crippen LogP contribution in [0.5, 0.6) is 46.0 Å². The van der Waals surface area contributed by atoms with Crippen molar-refractivity contribution in [3.63, 3.8) is 0 Å². The Kier molecular flexibility index (Phi) is 24.0. The zero-order valence-corrected chi connectivity index (χ0v) is 61.3. The number of aromatic hydroxyl groups is 3. The maximum atomic E-state index is 16.4. The Balaban J connectivity index is 1.20. The lowest BCUT2D eigenvalue weighted by molar-refractivity contribution is -0.442. The van der Waals surface area contributed by atoms with Gasteiger partial charge in [0.2, 0.25) is 53.0 Å². The summed E-state index contributed by atoms with van der Waals surface area (Å²) in [5.74, 6) is -17.7. The first kappa shape index (κ1) is 81.4. The normalized spacial score (nSPS) is 32.2. The van der Waals surface area contributed by atoms with Crippen LogP contribution in [-0.2, 0) is 62.0 Å². The molecule has 8 amide bonds. The zero-order chi connectivity index (χ0) is 80.1.